The van der Waals surface area contributed by atoms with Crippen LogP contribution in [0.15, 0.2) is 89.8 Å². The Morgan fingerprint density at radius 3 is 1.85 bits per heavy atom. The highest BCUT2D eigenvalue weighted by Gasteiger charge is 2.30. The van der Waals surface area contributed by atoms with Crippen LogP contribution in [0.1, 0.15) is 17.2 Å². The zero-order valence-electron chi connectivity index (χ0n) is 18.1. The maximum atomic E-state index is 13.1. The number of piperazine rings is 1. The summed E-state index contributed by atoms with van der Waals surface area (Å²) in [5.41, 5.74) is 2.12. The number of nitrogens with zero attached hydrogens (tertiary/aromatic N) is 2. The first-order valence-electron chi connectivity index (χ1n) is 10.8. The van der Waals surface area contributed by atoms with E-state index in [1.807, 2.05) is 60.7 Å². The van der Waals surface area contributed by atoms with Crippen LogP contribution in [0.25, 0.3) is 0 Å². The van der Waals surface area contributed by atoms with Gasteiger partial charge in [-0.15, -0.1) is 0 Å². The summed E-state index contributed by atoms with van der Waals surface area (Å²) < 4.78 is 40.1. The highest BCUT2D eigenvalue weighted by atomic mass is 32.2. The molecule has 0 aromatic heterocycles. The van der Waals surface area contributed by atoms with E-state index < -0.39 is 15.8 Å². The van der Waals surface area contributed by atoms with Crippen LogP contribution < -0.4 is 5.32 Å². The van der Waals surface area contributed by atoms with Crippen LogP contribution in [-0.2, 0) is 14.8 Å². The van der Waals surface area contributed by atoms with Crippen molar-refractivity contribution in [3.8, 4) is 0 Å². The third-order valence-corrected chi connectivity index (χ3v) is 7.68. The number of benzene rings is 3. The summed E-state index contributed by atoms with van der Waals surface area (Å²) >= 11 is 0. The lowest BCUT2D eigenvalue weighted by Crippen LogP contribution is -2.52. The van der Waals surface area contributed by atoms with Crippen molar-refractivity contribution in [2.45, 2.75) is 10.9 Å². The quantitative estimate of drug-likeness (QED) is 0.580. The second-order valence-corrected chi connectivity index (χ2v) is 9.81. The fraction of sp³-hybridized carbons (Fsp3) is 0.240. The van der Waals surface area contributed by atoms with Crippen LogP contribution in [0.3, 0.4) is 0 Å². The number of sulfonamides is 1. The van der Waals surface area contributed by atoms with Gasteiger partial charge in [-0.2, -0.15) is 4.31 Å². The molecule has 4 rings (SSSR count). The molecule has 1 fully saturated rings. The molecule has 0 unspecified atom stereocenters. The molecule has 0 saturated carbocycles. The Hall–Kier alpha value is -3.07. The van der Waals surface area contributed by atoms with Gasteiger partial charge in [0.05, 0.1) is 17.5 Å². The van der Waals surface area contributed by atoms with Gasteiger partial charge < -0.3 is 4.90 Å². The minimum Gasteiger partial charge on any atom is -0.339 e. The molecule has 1 amide bonds. The van der Waals surface area contributed by atoms with Crippen LogP contribution in [0.4, 0.5) is 4.39 Å². The SMILES string of the molecule is O=C(CNC(c1ccccc1)c1ccccc1)N1CCN(S(=O)(=O)c2ccc(F)cc2)CC1. The van der Waals surface area contributed by atoms with E-state index in [2.05, 4.69) is 5.32 Å². The molecule has 0 radical (unpaired) electrons. The van der Waals surface area contributed by atoms with Crippen molar-refractivity contribution >= 4 is 15.9 Å². The molecule has 0 spiro atoms. The Morgan fingerprint density at radius 2 is 1.33 bits per heavy atom. The van der Waals surface area contributed by atoms with E-state index in [-0.39, 0.29) is 36.5 Å². The molecule has 1 aliphatic rings. The minimum atomic E-state index is -3.71. The molecule has 0 aliphatic carbocycles. The number of hydrogen-bond acceptors (Lipinski definition) is 4. The van der Waals surface area contributed by atoms with Gasteiger partial charge in [0, 0.05) is 26.2 Å². The van der Waals surface area contributed by atoms with Crippen molar-refractivity contribution in [2.75, 3.05) is 32.7 Å². The van der Waals surface area contributed by atoms with Gasteiger partial charge in [0.1, 0.15) is 5.82 Å². The van der Waals surface area contributed by atoms with Gasteiger partial charge in [0.25, 0.3) is 0 Å². The Bertz CT molecular complexity index is 1130. The van der Waals surface area contributed by atoms with E-state index in [0.29, 0.717) is 13.1 Å². The summed E-state index contributed by atoms with van der Waals surface area (Å²) in [6.45, 7) is 1.15. The van der Waals surface area contributed by atoms with E-state index in [4.69, 9.17) is 0 Å². The first-order valence-corrected chi connectivity index (χ1v) is 12.3. The standard InChI is InChI=1S/C25H26FN3O3S/c26-22-11-13-23(14-12-22)33(31,32)29-17-15-28(16-18-29)24(30)19-27-25(20-7-3-1-4-8-20)21-9-5-2-6-10-21/h1-14,25,27H,15-19H2. The Morgan fingerprint density at radius 1 is 0.818 bits per heavy atom. The molecular weight excluding hydrogens is 441 g/mol. The number of nitrogens with one attached hydrogen (secondary N) is 1. The number of rotatable bonds is 7. The number of hydrogen-bond donors (Lipinski definition) is 1. The molecule has 172 valence electrons. The molecule has 1 saturated heterocycles. The molecular formula is C25H26FN3O3S. The topological polar surface area (TPSA) is 69.7 Å². The van der Waals surface area contributed by atoms with Crippen molar-refractivity contribution in [1.82, 2.24) is 14.5 Å². The van der Waals surface area contributed by atoms with E-state index in [0.717, 1.165) is 23.3 Å². The first-order chi connectivity index (χ1) is 15.9. The zero-order chi connectivity index (χ0) is 23.3. The van der Waals surface area contributed by atoms with Gasteiger partial charge in [0.15, 0.2) is 0 Å². The van der Waals surface area contributed by atoms with Gasteiger partial charge in [0.2, 0.25) is 15.9 Å². The van der Waals surface area contributed by atoms with E-state index in [9.17, 15) is 17.6 Å². The normalized spacial score (nSPS) is 15.0. The van der Waals surface area contributed by atoms with Crippen LogP contribution >= 0.6 is 0 Å². The molecule has 3 aromatic carbocycles. The van der Waals surface area contributed by atoms with Gasteiger partial charge in [-0.3, -0.25) is 10.1 Å². The van der Waals surface area contributed by atoms with Gasteiger partial charge in [-0.25, -0.2) is 12.8 Å². The highest BCUT2D eigenvalue weighted by Crippen LogP contribution is 2.22. The maximum Gasteiger partial charge on any atom is 0.243 e. The third-order valence-electron chi connectivity index (χ3n) is 5.77. The summed E-state index contributed by atoms with van der Waals surface area (Å²) in [6.07, 6.45) is 0. The molecule has 1 aliphatic heterocycles. The molecule has 6 nitrogen and oxygen atoms in total. The predicted octanol–water partition coefficient (Wildman–Crippen LogP) is 3.04. The number of carbonyl (C=O) groups is 1. The number of carbonyl (C=O) groups excluding carboxylic acids is 1. The lowest BCUT2D eigenvalue weighted by atomic mass is 9.99. The van der Waals surface area contributed by atoms with Gasteiger partial charge >= 0.3 is 0 Å². The van der Waals surface area contributed by atoms with E-state index in [1.165, 1.54) is 16.4 Å². The molecule has 8 heteroatoms. The summed E-state index contributed by atoms with van der Waals surface area (Å²) in [6, 6.07) is 24.5. The number of amides is 1. The highest BCUT2D eigenvalue weighted by molar-refractivity contribution is 7.89. The van der Waals surface area contributed by atoms with E-state index in [1.54, 1.807) is 4.90 Å². The molecule has 33 heavy (non-hydrogen) atoms. The van der Waals surface area contributed by atoms with Crippen LogP contribution in [-0.4, -0.2) is 56.3 Å². The van der Waals surface area contributed by atoms with Crippen molar-refractivity contribution < 1.29 is 17.6 Å². The second kappa shape index (κ2) is 10.2. The van der Waals surface area contributed by atoms with E-state index >= 15 is 0 Å². The summed E-state index contributed by atoms with van der Waals surface area (Å²) in [5, 5.41) is 3.36. The second-order valence-electron chi connectivity index (χ2n) is 7.87. The smallest absolute Gasteiger partial charge is 0.243 e. The molecule has 0 bridgehead atoms. The van der Waals surface area contributed by atoms with Crippen molar-refractivity contribution in [3.05, 3.63) is 102 Å². The molecule has 1 N–H and O–H groups in total. The maximum absolute atomic E-state index is 13.1. The lowest BCUT2D eigenvalue weighted by molar-refractivity contribution is -0.131. The van der Waals surface area contributed by atoms with Crippen LogP contribution in [0, 0.1) is 5.82 Å². The van der Waals surface area contributed by atoms with Crippen molar-refractivity contribution in [3.63, 3.8) is 0 Å². The molecule has 0 atom stereocenters. The third kappa shape index (κ3) is 5.47. The fourth-order valence-corrected chi connectivity index (χ4v) is 5.38. The van der Waals surface area contributed by atoms with Gasteiger partial charge in [-0.05, 0) is 35.4 Å². The lowest BCUT2D eigenvalue weighted by Gasteiger charge is -2.34. The molecule has 1 heterocycles. The minimum absolute atomic E-state index is 0.0545. The average Bonchev–Trinajstić information content (AvgIpc) is 2.86. The Kier molecular flexibility index (Phi) is 7.17. The van der Waals surface area contributed by atoms with Crippen molar-refractivity contribution in [2.24, 2.45) is 0 Å². The predicted molar refractivity (Wildman–Crippen MR) is 124 cm³/mol. The summed E-state index contributed by atoms with van der Waals surface area (Å²) in [4.78, 5) is 14.6. The fourth-order valence-electron chi connectivity index (χ4n) is 3.95. The first kappa shape index (κ1) is 23.1. The number of halogens is 1. The van der Waals surface area contributed by atoms with Gasteiger partial charge in [-0.1, -0.05) is 60.7 Å². The summed E-state index contributed by atoms with van der Waals surface area (Å²) in [5.74, 6) is -0.563. The average molecular weight is 468 g/mol. The van der Waals surface area contributed by atoms with Crippen LogP contribution in [0.2, 0.25) is 0 Å². The zero-order valence-corrected chi connectivity index (χ0v) is 18.9. The monoisotopic (exact) mass is 467 g/mol. The van der Waals surface area contributed by atoms with Crippen LogP contribution in [0.5, 0.6) is 0 Å². The molecule has 3 aromatic rings. The Balaban J connectivity index is 1.37. The van der Waals surface area contributed by atoms with Crippen molar-refractivity contribution in [1.29, 1.82) is 0 Å². The largest absolute Gasteiger partial charge is 0.339 e. The summed E-state index contributed by atoms with van der Waals surface area (Å²) in [7, 11) is -3.71. The Labute approximate surface area is 193 Å².